The van der Waals surface area contributed by atoms with E-state index in [4.69, 9.17) is 5.73 Å². The smallest absolute Gasteiger partial charge is 0.227 e. The zero-order chi connectivity index (χ0) is 13.7. The SMILES string of the molecule is CCCc1ccccc1NC(=O)[C@@H]1CCC[C@@H]1CN. The van der Waals surface area contributed by atoms with Crippen LogP contribution in [-0.2, 0) is 11.2 Å². The van der Waals surface area contributed by atoms with Crippen LogP contribution in [0.3, 0.4) is 0 Å². The van der Waals surface area contributed by atoms with Crippen LogP contribution in [0.15, 0.2) is 24.3 Å². The van der Waals surface area contributed by atoms with E-state index in [0.717, 1.165) is 37.8 Å². The van der Waals surface area contributed by atoms with E-state index in [1.807, 2.05) is 18.2 Å². The van der Waals surface area contributed by atoms with Gasteiger partial charge in [0.1, 0.15) is 0 Å². The fraction of sp³-hybridized carbons (Fsp3) is 0.562. The summed E-state index contributed by atoms with van der Waals surface area (Å²) >= 11 is 0. The van der Waals surface area contributed by atoms with Crippen molar-refractivity contribution >= 4 is 11.6 Å². The second-order valence-corrected chi connectivity index (χ2v) is 5.43. The summed E-state index contributed by atoms with van der Waals surface area (Å²) < 4.78 is 0. The van der Waals surface area contributed by atoms with E-state index in [1.165, 1.54) is 5.56 Å². The summed E-state index contributed by atoms with van der Waals surface area (Å²) in [5, 5.41) is 3.11. The summed E-state index contributed by atoms with van der Waals surface area (Å²) in [5.74, 6) is 0.606. The Labute approximate surface area is 115 Å². The number of hydrogen-bond acceptors (Lipinski definition) is 2. The van der Waals surface area contributed by atoms with E-state index >= 15 is 0 Å². The monoisotopic (exact) mass is 260 g/mol. The van der Waals surface area contributed by atoms with Crippen LogP contribution in [-0.4, -0.2) is 12.5 Å². The second-order valence-electron chi connectivity index (χ2n) is 5.43. The van der Waals surface area contributed by atoms with Gasteiger partial charge in [-0.25, -0.2) is 0 Å². The first-order valence-electron chi connectivity index (χ1n) is 7.35. The molecule has 3 N–H and O–H groups in total. The summed E-state index contributed by atoms with van der Waals surface area (Å²) in [6, 6.07) is 8.09. The number of hydrogen-bond donors (Lipinski definition) is 2. The first kappa shape index (κ1) is 14.1. The van der Waals surface area contributed by atoms with Crippen molar-refractivity contribution in [3.05, 3.63) is 29.8 Å². The molecule has 1 aliphatic carbocycles. The van der Waals surface area contributed by atoms with Crippen LogP contribution in [0, 0.1) is 11.8 Å². The number of amides is 1. The lowest BCUT2D eigenvalue weighted by atomic mass is 9.95. The van der Waals surface area contributed by atoms with Crippen molar-refractivity contribution in [1.29, 1.82) is 0 Å². The molecule has 1 aromatic carbocycles. The maximum atomic E-state index is 12.4. The van der Waals surface area contributed by atoms with Gasteiger partial charge in [0, 0.05) is 11.6 Å². The van der Waals surface area contributed by atoms with Gasteiger partial charge >= 0.3 is 0 Å². The third-order valence-corrected chi connectivity index (χ3v) is 4.09. The van der Waals surface area contributed by atoms with Gasteiger partial charge in [0.15, 0.2) is 0 Å². The minimum atomic E-state index is 0.0969. The van der Waals surface area contributed by atoms with E-state index < -0.39 is 0 Å². The third-order valence-electron chi connectivity index (χ3n) is 4.09. The average Bonchev–Trinajstić information content (AvgIpc) is 2.89. The number of para-hydroxylation sites is 1. The minimum absolute atomic E-state index is 0.0969. The zero-order valence-corrected chi connectivity index (χ0v) is 11.7. The Hall–Kier alpha value is -1.35. The molecule has 3 heteroatoms. The Kier molecular flexibility index (Phi) is 4.97. The summed E-state index contributed by atoms with van der Waals surface area (Å²) in [6.07, 6.45) is 5.27. The predicted octanol–water partition coefficient (Wildman–Crippen LogP) is 2.95. The molecule has 1 amide bonds. The second kappa shape index (κ2) is 6.71. The van der Waals surface area contributed by atoms with Crippen molar-refractivity contribution in [3.63, 3.8) is 0 Å². The van der Waals surface area contributed by atoms with Crippen molar-refractivity contribution in [2.45, 2.75) is 39.0 Å². The van der Waals surface area contributed by atoms with Crippen LogP contribution in [0.1, 0.15) is 38.2 Å². The first-order chi connectivity index (χ1) is 9.26. The first-order valence-corrected chi connectivity index (χ1v) is 7.35. The standard InChI is InChI=1S/C16H24N2O/c1-2-6-12-7-3-4-10-15(12)18-16(19)14-9-5-8-13(14)11-17/h3-4,7,10,13-14H,2,5-6,8-9,11,17H2,1H3,(H,18,19)/t13-,14-/m1/s1. The number of aryl methyl sites for hydroxylation is 1. The Morgan fingerprint density at radius 3 is 2.89 bits per heavy atom. The summed E-state index contributed by atoms with van der Waals surface area (Å²) in [5.41, 5.74) is 7.95. The van der Waals surface area contributed by atoms with E-state index in [9.17, 15) is 4.79 Å². The van der Waals surface area contributed by atoms with Gasteiger partial charge in [0.2, 0.25) is 5.91 Å². The number of carbonyl (C=O) groups is 1. The fourth-order valence-electron chi connectivity index (χ4n) is 3.02. The van der Waals surface area contributed by atoms with Crippen molar-refractivity contribution in [1.82, 2.24) is 0 Å². The fourth-order valence-corrected chi connectivity index (χ4v) is 3.02. The number of nitrogens with two attached hydrogens (primary N) is 1. The molecular weight excluding hydrogens is 236 g/mol. The maximum Gasteiger partial charge on any atom is 0.227 e. The number of benzene rings is 1. The molecule has 1 fully saturated rings. The van der Waals surface area contributed by atoms with Gasteiger partial charge in [-0.3, -0.25) is 4.79 Å². The highest BCUT2D eigenvalue weighted by Crippen LogP contribution is 2.32. The van der Waals surface area contributed by atoms with Crippen LogP contribution in [0.2, 0.25) is 0 Å². The van der Waals surface area contributed by atoms with Gasteiger partial charge < -0.3 is 11.1 Å². The molecule has 3 nitrogen and oxygen atoms in total. The van der Waals surface area contributed by atoms with Gasteiger partial charge in [-0.1, -0.05) is 38.0 Å². The Balaban J connectivity index is 2.06. The molecule has 104 valence electrons. The van der Waals surface area contributed by atoms with Crippen LogP contribution >= 0.6 is 0 Å². The van der Waals surface area contributed by atoms with Crippen LogP contribution in [0.5, 0.6) is 0 Å². The molecule has 0 unspecified atom stereocenters. The van der Waals surface area contributed by atoms with Gasteiger partial charge in [-0.05, 0) is 43.4 Å². The highest BCUT2D eigenvalue weighted by Gasteiger charge is 2.32. The predicted molar refractivity (Wildman–Crippen MR) is 79.0 cm³/mol. The molecule has 0 heterocycles. The normalized spacial score (nSPS) is 22.4. The van der Waals surface area contributed by atoms with Crippen LogP contribution < -0.4 is 11.1 Å². The topological polar surface area (TPSA) is 55.1 Å². The molecule has 1 aromatic rings. The number of nitrogens with one attached hydrogen (secondary N) is 1. The molecule has 0 saturated heterocycles. The number of anilines is 1. The molecule has 1 saturated carbocycles. The molecule has 2 atom stereocenters. The Morgan fingerprint density at radius 2 is 2.16 bits per heavy atom. The minimum Gasteiger partial charge on any atom is -0.330 e. The molecule has 0 radical (unpaired) electrons. The molecule has 0 aromatic heterocycles. The maximum absolute atomic E-state index is 12.4. The van der Waals surface area contributed by atoms with Gasteiger partial charge in [-0.2, -0.15) is 0 Å². The molecule has 0 bridgehead atoms. The molecule has 0 aliphatic heterocycles. The van der Waals surface area contributed by atoms with E-state index in [-0.39, 0.29) is 11.8 Å². The lowest BCUT2D eigenvalue weighted by Gasteiger charge is -2.18. The van der Waals surface area contributed by atoms with E-state index in [0.29, 0.717) is 12.5 Å². The largest absolute Gasteiger partial charge is 0.330 e. The number of carbonyl (C=O) groups excluding carboxylic acids is 1. The van der Waals surface area contributed by atoms with Crippen molar-refractivity contribution < 1.29 is 4.79 Å². The summed E-state index contributed by atoms with van der Waals surface area (Å²) in [4.78, 5) is 12.4. The average molecular weight is 260 g/mol. The molecule has 19 heavy (non-hydrogen) atoms. The van der Waals surface area contributed by atoms with Crippen LogP contribution in [0.4, 0.5) is 5.69 Å². The highest BCUT2D eigenvalue weighted by molar-refractivity contribution is 5.93. The highest BCUT2D eigenvalue weighted by atomic mass is 16.1. The van der Waals surface area contributed by atoms with Crippen molar-refractivity contribution in [3.8, 4) is 0 Å². The third kappa shape index (κ3) is 3.35. The van der Waals surface area contributed by atoms with Crippen LogP contribution in [0.25, 0.3) is 0 Å². The lowest BCUT2D eigenvalue weighted by molar-refractivity contribution is -0.120. The molecular formula is C16H24N2O. The Bertz CT molecular complexity index is 431. The molecule has 1 aliphatic rings. The summed E-state index contributed by atoms with van der Waals surface area (Å²) in [7, 11) is 0. The van der Waals surface area contributed by atoms with Gasteiger partial charge in [-0.15, -0.1) is 0 Å². The Morgan fingerprint density at radius 1 is 1.37 bits per heavy atom. The van der Waals surface area contributed by atoms with E-state index in [2.05, 4.69) is 18.3 Å². The summed E-state index contributed by atoms with van der Waals surface area (Å²) in [6.45, 7) is 2.77. The zero-order valence-electron chi connectivity index (χ0n) is 11.7. The van der Waals surface area contributed by atoms with E-state index in [1.54, 1.807) is 0 Å². The van der Waals surface area contributed by atoms with Gasteiger partial charge in [0.25, 0.3) is 0 Å². The van der Waals surface area contributed by atoms with Crippen molar-refractivity contribution in [2.75, 3.05) is 11.9 Å². The quantitative estimate of drug-likeness (QED) is 0.855. The van der Waals surface area contributed by atoms with Gasteiger partial charge in [0.05, 0.1) is 0 Å². The number of rotatable bonds is 5. The lowest BCUT2D eigenvalue weighted by Crippen LogP contribution is -2.30. The molecule has 0 spiro atoms. The molecule has 2 rings (SSSR count). The van der Waals surface area contributed by atoms with Crippen molar-refractivity contribution in [2.24, 2.45) is 17.6 Å².